The molecule has 2 aromatic rings. The smallest absolute Gasteiger partial charge is 0.226 e. The number of aromatic nitrogens is 2. The fourth-order valence-electron chi connectivity index (χ4n) is 3.06. The van der Waals surface area contributed by atoms with E-state index < -0.39 is 6.10 Å². The van der Waals surface area contributed by atoms with Gasteiger partial charge < -0.3 is 19.9 Å². The van der Waals surface area contributed by atoms with Gasteiger partial charge in [0.1, 0.15) is 17.5 Å². The van der Waals surface area contributed by atoms with E-state index in [9.17, 15) is 9.90 Å². The highest BCUT2D eigenvalue weighted by molar-refractivity contribution is 5.79. The molecule has 1 aromatic heterocycles. The van der Waals surface area contributed by atoms with Gasteiger partial charge >= 0.3 is 0 Å². The molecule has 0 bridgehead atoms. The molecule has 25 heavy (non-hydrogen) atoms. The predicted octanol–water partition coefficient (Wildman–Crippen LogP) is 1.46. The van der Waals surface area contributed by atoms with Crippen LogP contribution in [0.25, 0.3) is 5.69 Å². The zero-order valence-corrected chi connectivity index (χ0v) is 14.4. The topological polar surface area (TPSA) is 85.6 Å². The van der Waals surface area contributed by atoms with Gasteiger partial charge in [0.15, 0.2) is 0 Å². The summed E-state index contributed by atoms with van der Waals surface area (Å²) in [5.41, 5.74) is 1.60. The summed E-state index contributed by atoms with van der Waals surface area (Å²) in [6, 6.07) is 9.43. The summed E-state index contributed by atoms with van der Waals surface area (Å²) in [6.07, 6.45) is 1.35. The maximum atomic E-state index is 12.5. The molecule has 0 unspecified atom stereocenters. The third-order valence-corrected chi connectivity index (χ3v) is 4.28. The van der Waals surface area contributed by atoms with Crippen LogP contribution in [-0.4, -0.2) is 47.2 Å². The molecule has 3 rings (SSSR count). The number of carbonyl (C=O) groups is 1. The van der Waals surface area contributed by atoms with Crippen molar-refractivity contribution in [2.75, 3.05) is 20.3 Å². The van der Waals surface area contributed by atoms with Crippen LogP contribution in [0.5, 0.6) is 5.75 Å². The molecule has 0 radical (unpaired) electrons. The number of aliphatic hydroxyl groups excluding tert-OH is 1. The van der Waals surface area contributed by atoms with Gasteiger partial charge in [0.25, 0.3) is 0 Å². The molecule has 1 aliphatic rings. The molecule has 1 aromatic carbocycles. The van der Waals surface area contributed by atoms with Crippen molar-refractivity contribution in [2.24, 2.45) is 5.92 Å². The van der Waals surface area contributed by atoms with Gasteiger partial charge in [-0.05, 0) is 31.5 Å². The minimum absolute atomic E-state index is 0.115. The van der Waals surface area contributed by atoms with Crippen molar-refractivity contribution < 1.29 is 19.4 Å². The van der Waals surface area contributed by atoms with E-state index in [1.807, 2.05) is 30.3 Å². The Morgan fingerprint density at radius 1 is 1.48 bits per heavy atom. The van der Waals surface area contributed by atoms with Crippen molar-refractivity contribution >= 4 is 5.91 Å². The summed E-state index contributed by atoms with van der Waals surface area (Å²) in [5.74, 6) is 0.264. The second-order valence-corrected chi connectivity index (χ2v) is 6.12. The molecule has 2 N–H and O–H groups in total. The first-order valence-electron chi connectivity index (χ1n) is 8.36. The monoisotopic (exact) mass is 345 g/mol. The maximum absolute atomic E-state index is 12.5. The normalized spacial score (nSPS) is 21.1. The number of benzene rings is 1. The van der Waals surface area contributed by atoms with E-state index in [0.29, 0.717) is 18.8 Å². The Balaban J connectivity index is 1.87. The second-order valence-electron chi connectivity index (χ2n) is 6.12. The SMILES string of the molecule is COc1ccccc1-n1nccc1[C@H]1OCC[C@@H]1C(=O)NC[C@H](C)O. The van der Waals surface area contributed by atoms with Crippen molar-refractivity contribution in [3.05, 3.63) is 42.2 Å². The fraction of sp³-hybridized carbons (Fsp3) is 0.444. The zero-order valence-electron chi connectivity index (χ0n) is 14.4. The lowest BCUT2D eigenvalue weighted by atomic mass is 9.97. The molecule has 134 valence electrons. The van der Waals surface area contributed by atoms with E-state index in [-0.39, 0.29) is 24.5 Å². The number of methoxy groups -OCH3 is 1. The number of amides is 1. The third kappa shape index (κ3) is 3.67. The molecule has 7 heteroatoms. The van der Waals surface area contributed by atoms with Crippen LogP contribution in [0.1, 0.15) is 25.1 Å². The average molecular weight is 345 g/mol. The molecular formula is C18H23N3O4. The first-order chi connectivity index (χ1) is 12.1. The number of nitrogens with zero attached hydrogens (tertiary/aromatic N) is 2. The molecular weight excluding hydrogens is 322 g/mol. The van der Waals surface area contributed by atoms with Crippen LogP contribution in [0, 0.1) is 5.92 Å². The third-order valence-electron chi connectivity index (χ3n) is 4.28. The van der Waals surface area contributed by atoms with Crippen LogP contribution in [0.15, 0.2) is 36.5 Å². The Labute approximate surface area is 146 Å². The van der Waals surface area contributed by atoms with Gasteiger partial charge in [0.2, 0.25) is 5.91 Å². The van der Waals surface area contributed by atoms with Crippen LogP contribution in [0.2, 0.25) is 0 Å². The van der Waals surface area contributed by atoms with Crippen LogP contribution in [0.3, 0.4) is 0 Å². The lowest BCUT2D eigenvalue weighted by Gasteiger charge is -2.20. The van der Waals surface area contributed by atoms with Gasteiger partial charge in [-0.25, -0.2) is 4.68 Å². The number of hydrogen-bond acceptors (Lipinski definition) is 5. The van der Waals surface area contributed by atoms with Gasteiger partial charge in [-0.15, -0.1) is 0 Å². The molecule has 0 saturated carbocycles. The molecule has 0 spiro atoms. The Bertz CT molecular complexity index is 729. The Morgan fingerprint density at radius 2 is 2.28 bits per heavy atom. The van der Waals surface area contributed by atoms with Crippen LogP contribution >= 0.6 is 0 Å². The van der Waals surface area contributed by atoms with Gasteiger partial charge in [0, 0.05) is 19.3 Å². The number of nitrogens with one attached hydrogen (secondary N) is 1. The molecule has 0 aliphatic carbocycles. The highest BCUT2D eigenvalue weighted by atomic mass is 16.5. The summed E-state index contributed by atoms with van der Waals surface area (Å²) in [4.78, 5) is 12.5. The minimum Gasteiger partial charge on any atom is -0.494 e. The highest BCUT2D eigenvalue weighted by Gasteiger charge is 2.37. The summed E-state index contributed by atoms with van der Waals surface area (Å²) in [6.45, 7) is 2.38. The number of para-hydroxylation sites is 2. The molecule has 1 fully saturated rings. The van der Waals surface area contributed by atoms with E-state index in [1.165, 1.54) is 0 Å². The van der Waals surface area contributed by atoms with E-state index >= 15 is 0 Å². The molecule has 3 atom stereocenters. The molecule has 1 amide bonds. The minimum atomic E-state index is -0.580. The van der Waals surface area contributed by atoms with Crippen molar-refractivity contribution in [2.45, 2.75) is 25.6 Å². The van der Waals surface area contributed by atoms with Crippen LogP contribution in [0.4, 0.5) is 0 Å². The van der Waals surface area contributed by atoms with Gasteiger partial charge in [0.05, 0.1) is 24.8 Å². The van der Waals surface area contributed by atoms with E-state index in [2.05, 4.69) is 10.4 Å². The van der Waals surface area contributed by atoms with Gasteiger partial charge in [-0.2, -0.15) is 5.10 Å². The number of rotatable bonds is 6. The molecule has 2 heterocycles. The van der Waals surface area contributed by atoms with E-state index in [4.69, 9.17) is 9.47 Å². The maximum Gasteiger partial charge on any atom is 0.226 e. The van der Waals surface area contributed by atoms with Gasteiger partial charge in [-0.1, -0.05) is 12.1 Å². The number of ether oxygens (including phenoxy) is 2. The fourth-order valence-corrected chi connectivity index (χ4v) is 3.06. The van der Waals surface area contributed by atoms with Crippen molar-refractivity contribution in [1.29, 1.82) is 0 Å². The summed E-state index contributed by atoms with van der Waals surface area (Å²) >= 11 is 0. The first-order valence-corrected chi connectivity index (χ1v) is 8.36. The zero-order chi connectivity index (χ0) is 17.8. The van der Waals surface area contributed by atoms with Crippen LogP contribution < -0.4 is 10.1 Å². The average Bonchev–Trinajstić information content (AvgIpc) is 3.28. The lowest BCUT2D eigenvalue weighted by molar-refractivity contribution is -0.127. The predicted molar refractivity (Wildman–Crippen MR) is 91.6 cm³/mol. The quantitative estimate of drug-likeness (QED) is 0.828. The highest BCUT2D eigenvalue weighted by Crippen LogP contribution is 2.36. The summed E-state index contributed by atoms with van der Waals surface area (Å²) in [5, 5.41) is 16.5. The summed E-state index contributed by atoms with van der Waals surface area (Å²) in [7, 11) is 1.61. The van der Waals surface area contributed by atoms with E-state index in [1.54, 1.807) is 24.9 Å². The first kappa shape index (κ1) is 17.4. The second kappa shape index (κ2) is 7.67. The summed E-state index contributed by atoms with van der Waals surface area (Å²) < 4.78 is 13.0. The van der Waals surface area contributed by atoms with Crippen molar-refractivity contribution in [3.8, 4) is 11.4 Å². The lowest BCUT2D eigenvalue weighted by Crippen LogP contribution is -2.36. The van der Waals surface area contributed by atoms with E-state index in [0.717, 1.165) is 11.4 Å². The largest absolute Gasteiger partial charge is 0.494 e. The Morgan fingerprint density at radius 3 is 3.04 bits per heavy atom. The molecule has 7 nitrogen and oxygen atoms in total. The van der Waals surface area contributed by atoms with Crippen molar-refractivity contribution in [1.82, 2.24) is 15.1 Å². The molecule has 1 aliphatic heterocycles. The number of aliphatic hydroxyl groups is 1. The standard InChI is InChI=1S/C18H23N3O4/c1-12(22)11-19-18(23)13-8-10-25-17(13)15-7-9-20-21(15)14-5-3-4-6-16(14)24-2/h3-7,9,12-13,17,22H,8,10-11H2,1-2H3,(H,19,23)/t12-,13-,17-/m0/s1. The van der Waals surface area contributed by atoms with Gasteiger partial charge in [-0.3, -0.25) is 4.79 Å². The number of carbonyl (C=O) groups excluding carboxylic acids is 1. The van der Waals surface area contributed by atoms with Crippen molar-refractivity contribution in [3.63, 3.8) is 0 Å². The molecule has 1 saturated heterocycles. The Hall–Kier alpha value is -2.38. The number of hydrogen-bond donors (Lipinski definition) is 2. The van der Waals surface area contributed by atoms with Crippen LogP contribution in [-0.2, 0) is 9.53 Å². The Kier molecular flexibility index (Phi) is 5.35.